The molecule has 2 aliphatic rings. The summed E-state index contributed by atoms with van der Waals surface area (Å²) in [6, 6.07) is -0.387. The lowest BCUT2D eigenvalue weighted by atomic mass is 9.86. The maximum Gasteiger partial charge on any atom is 0.245 e. The van der Waals surface area contributed by atoms with Crippen LogP contribution in [-0.4, -0.2) is 35.8 Å². The highest BCUT2D eigenvalue weighted by Crippen LogP contribution is 2.38. The number of hydrogen-bond acceptors (Lipinski definition) is 2. The molecule has 0 spiro atoms. The van der Waals surface area contributed by atoms with Gasteiger partial charge in [0.2, 0.25) is 11.8 Å². The molecule has 0 aromatic rings. The van der Waals surface area contributed by atoms with E-state index in [0.29, 0.717) is 18.9 Å². The molecule has 18 heavy (non-hydrogen) atoms. The second-order valence-electron chi connectivity index (χ2n) is 6.87. The zero-order chi connectivity index (χ0) is 13.5. The molecule has 1 aliphatic carbocycles. The van der Waals surface area contributed by atoms with E-state index in [-0.39, 0.29) is 23.3 Å². The van der Waals surface area contributed by atoms with Crippen molar-refractivity contribution in [1.82, 2.24) is 10.2 Å². The fraction of sp³-hybridized carbons (Fsp3) is 0.857. The van der Waals surface area contributed by atoms with Crippen LogP contribution in [0.2, 0.25) is 0 Å². The van der Waals surface area contributed by atoms with Gasteiger partial charge in [0.05, 0.1) is 0 Å². The summed E-state index contributed by atoms with van der Waals surface area (Å²) < 4.78 is 0. The highest BCUT2D eigenvalue weighted by Gasteiger charge is 2.41. The van der Waals surface area contributed by atoms with E-state index >= 15 is 0 Å². The summed E-state index contributed by atoms with van der Waals surface area (Å²) >= 11 is 0. The zero-order valence-electron chi connectivity index (χ0n) is 11.8. The molecule has 1 saturated carbocycles. The topological polar surface area (TPSA) is 49.4 Å². The number of rotatable bonds is 2. The average Bonchev–Trinajstić information content (AvgIpc) is 2.95. The maximum absolute atomic E-state index is 12.5. The monoisotopic (exact) mass is 252 g/mol. The van der Waals surface area contributed by atoms with Crippen LogP contribution in [0.5, 0.6) is 0 Å². The molecule has 4 nitrogen and oxygen atoms in total. The molecular formula is C14H24N2O2. The number of hydrogen-bond donors (Lipinski definition) is 1. The van der Waals surface area contributed by atoms with Crippen LogP contribution in [0.15, 0.2) is 0 Å². The van der Waals surface area contributed by atoms with Crippen molar-refractivity contribution in [3.63, 3.8) is 0 Å². The van der Waals surface area contributed by atoms with Gasteiger partial charge < -0.3 is 10.2 Å². The standard InChI is InChI=1S/C14H24N2O2/c1-9-7-10(9)8-16-6-5-11(17)15-12(13(16)18)14(2,3)4/h9-10,12H,5-8H2,1-4H3,(H,15,17). The minimum atomic E-state index is -0.387. The first-order chi connectivity index (χ1) is 8.29. The number of carbonyl (C=O) groups is 2. The van der Waals surface area contributed by atoms with E-state index in [1.165, 1.54) is 6.42 Å². The highest BCUT2D eigenvalue weighted by atomic mass is 16.2. The Bertz CT molecular complexity index is 359. The summed E-state index contributed by atoms with van der Waals surface area (Å²) in [6.07, 6.45) is 1.64. The Balaban J connectivity index is 2.10. The smallest absolute Gasteiger partial charge is 0.245 e. The van der Waals surface area contributed by atoms with Crippen molar-refractivity contribution in [3.8, 4) is 0 Å². The lowest BCUT2D eigenvalue weighted by Crippen LogP contribution is -2.52. The van der Waals surface area contributed by atoms with Gasteiger partial charge in [0.15, 0.2) is 0 Å². The first-order valence-electron chi connectivity index (χ1n) is 6.87. The molecule has 1 aliphatic heterocycles. The predicted octanol–water partition coefficient (Wildman–Crippen LogP) is 1.41. The van der Waals surface area contributed by atoms with Crippen molar-refractivity contribution < 1.29 is 9.59 Å². The minimum Gasteiger partial charge on any atom is -0.344 e. The van der Waals surface area contributed by atoms with Crippen molar-refractivity contribution in [2.45, 2.75) is 46.6 Å². The first kappa shape index (κ1) is 13.4. The van der Waals surface area contributed by atoms with Crippen LogP contribution in [0.25, 0.3) is 0 Å². The molecule has 102 valence electrons. The van der Waals surface area contributed by atoms with Gasteiger partial charge in [-0.05, 0) is 23.7 Å². The van der Waals surface area contributed by atoms with E-state index in [1.54, 1.807) is 0 Å². The fourth-order valence-electron chi connectivity index (χ4n) is 2.53. The summed E-state index contributed by atoms with van der Waals surface area (Å²) in [5.41, 5.74) is -0.232. The zero-order valence-corrected chi connectivity index (χ0v) is 11.8. The largest absolute Gasteiger partial charge is 0.344 e. The van der Waals surface area contributed by atoms with Crippen LogP contribution in [0.1, 0.15) is 40.5 Å². The Hall–Kier alpha value is -1.06. The van der Waals surface area contributed by atoms with Crippen molar-refractivity contribution in [1.29, 1.82) is 0 Å². The third kappa shape index (κ3) is 2.85. The van der Waals surface area contributed by atoms with Crippen molar-refractivity contribution in [3.05, 3.63) is 0 Å². The molecule has 3 unspecified atom stereocenters. The molecule has 4 heteroatoms. The van der Waals surface area contributed by atoms with Gasteiger partial charge in [-0.25, -0.2) is 0 Å². The molecule has 1 heterocycles. The molecule has 0 aromatic carbocycles. The Kier molecular flexibility index (Phi) is 3.39. The van der Waals surface area contributed by atoms with Crippen LogP contribution in [0.3, 0.4) is 0 Å². The summed E-state index contributed by atoms with van der Waals surface area (Å²) in [4.78, 5) is 26.1. The Morgan fingerprint density at radius 2 is 1.94 bits per heavy atom. The van der Waals surface area contributed by atoms with Gasteiger partial charge in [-0.15, -0.1) is 0 Å². The van der Waals surface area contributed by atoms with Crippen molar-refractivity contribution in [2.75, 3.05) is 13.1 Å². The van der Waals surface area contributed by atoms with Crippen LogP contribution in [-0.2, 0) is 9.59 Å². The van der Waals surface area contributed by atoms with Gasteiger partial charge >= 0.3 is 0 Å². The number of nitrogens with zero attached hydrogens (tertiary/aromatic N) is 1. The van der Waals surface area contributed by atoms with Crippen LogP contribution < -0.4 is 5.32 Å². The Labute approximate surface area is 109 Å². The number of nitrogens with one attached hydrogen (secondary N) is 1. The Morgan fingerprint density at radius 1 is 1.33 bits per heavy atom. The highest BCUT2D eigenvalue weighted by molar-refractivity contribution is 5.90. The summed E-state index contributed by atoms with van der Waals surface area (Å²) in [5, 5.41) is 2.87. The third-order valence-electron chi connectivity index (χ3n) is 4.07. The van der Waals surface area contributed by atoms with E-state index in [2.05, 4.69) is 12.2 Å². The second kappa shape index (κ2) is 4.56. The third-order valence-corrected chi connectivity index (χ3v) is 4.07. The molecular weight excluding hydrogens is 228 g/mol. The Morgan fingerprint density at radius 3 is 2.44 bits per heavy atom. The summed E-state index contributed by atoms with van der Waals surface area (Å²) in [6.45, 7) is 9.61. The quantitative estimate of drug-likeness (QED) is 0.807. The fourth-order valence-corrected chi connectivity index (χ4v) is 2.53. The molecule has 1 saturated heterocycles. The van der Waals surface area contributed by atoms with Gasteiger partial charge in [-0.3, -0.25) is 9.59 Å². The van der Waals surface area contributed by atoms with E-state index in [1.807, 2.05) is 25.7 Å². The molecule has 2 rings (SSSR count). The van der Waals surface area contributed by atoms with Crippen molar-refractivity contribution >= 4 is 11.8 Å². The normalized spacial score (nSPS) is 33.1. The second-order valence-corrected chi connectivity index (χ2v) is 6.87. The van der Waals surface area contributed by atoms with Crippen LogP contribution >= 0.6 is 0 Å². The lowest BCUT2D eigenvalue weighted by Gasteiger charge is -2.32. The predicted molar refractivity (Wildman–Crippen MR) is 69.9 cm³/mol. The summed E-state index contributed by atoms with van der Waals surface area (Å²) in [7, 11) is 0. The molecule has 3 atom stereocenters. The molecule has 0 aromatic heterocycles. The number of carbonyl (C=O) groups excluding carboxylic acids is 2. The van der Waals surface area contributed by atoms with Gasteiger partial charge in [0.1, 0.15) is 6.04 Å². The SMILES string of the molecule is CC1CC1CN1CCC(=O)NC(C(C)(C)C)C1=O. The lowest BCUT2D eigenvalue weighted by molar-refractivity contribution is -0.136. The van der Waals surface area contributed by atoms with E-state index < -0.39 is 0 Å². The molecule has 0 radical (unpaired) electrons. The maximum atomic E-state index is 12.5. The average molecular weight is 252 g/mol. The van der Waals surface area contributed by atoms with E-state index in [0.717, 1.165) is 12.5 Å². The van der Waals surface area contributed by atoms with E-state index in [4.69, 9.17) is 0 Å². The van der Waals surface area contributed by atoms with Gasteiger partial charge in [-0.1, -0.05) is 27.7 Å². The van der Waals surface area contributed by atoms with Crippen LogP contribution in [0.4, 0.5) is 0 Å². The summed E-state index contributed by atoms with van der Waals surface area (Å²) in [5.74, 6) is 1.46. The molecule has 2 amide bonds. The van der Waals surface area contributed by atoms with Crippen LogP contribution in [0, 0.1) is 17.3 Å². The molecule has 0 bridgehead atoms. The minimum absolute atomic E-state index is 0.00498. The first-order valence-corrected chi connectivity index (χ1v) is 6.87. The number of amides is 2. The van der Waals surface area contributed by atoms with Gasteiger partial charge in [0.25, 0.3) is 0 Å². The van der Waals surface area contributed by atoms with E-state index in [9.17, 15) is 9.59 Å². The van der Waals surface area contributed by atoms with Gasteiger partial charge in [0, 0.05) is 19.5 Å². The molecule has 2 fully saturated rings. The van der Waals surface area contributed by atoms with Crippen molar-refractivity contribution in [2.24, 2.45) is 17.3 Å². The molecule has 1 N–H and O–H groups in total. The van der Waals surface area contributed by atoms with Gasteiger partial charge in [-0.2, -0.15) is 0 Å².